The van der Waals surface area contributed by atoms with E-state index in [-0.39, 0.29) is 6.61 Å². The van der Waals surface area contributed by atoms with E-state index in [1.807, 2.05) is 6.92 Å². The maximum absolute atomic E-state index is 10.3. The Morgan fingerprint density at radius 2 is 2.18 bits per heavy atom. The van der Waals surface area contributed by atoms with Crippen molar-refractivity contribution in [3.63, 3.8) is 0 Å². The summed E-state index contributed by atoms with van der Waals surface area (Å²) in [6.07, 6.45) is 0. The molecule has 4 nitrogen and oxygen atoms in total. The van der Waals surface area contributed by atoms with Gasteiger partial charge in [-0.05, 0) is 6.92 Å². The predicted octanol–water partition coefficient (Wildman–Crippen LogP) is 1.01. The molecule has 0 saturated heterocycles. The highest BCUT2D eigenvalue weighted by Gasteiger charge is 2.01. The molecule has 0 aliphatic heterocycles. The summed E-state index contributed by atoms with van der Waals surface area (Å²) < 4.78 is 5.08. The lowest BCUT2D eigenvalue weighted by Crippen LogP contribution is -1.90. The van der Waals surface area contributed by atoms with Crippen LogP contribution in [0, 0.1) is 0 Å². The molecule has 0 N–H and O–H groups in total. The van der Waals surface area contributed by atoms with Crippen molar-refractivity contribution in [3.05, 3.63) is 10.0 Å². The van der Waals surface area contributed by atoms with Gasteiger partial charge in [0.1, 0.15) is 23.2 Å². The summed E-state index contributed by atoms with van der Waals surface area (Å²) in [4.78, 5) is 0. The molecule has 0 aromatic carbocycles. The van der Waals surface area contributed by atoms with E-state index >= 15 is 0 Å². The zero-order valence-electron chi connectivity index (χ0n) is 6.24. The van der Waals surface area contributed by atoms with E-state index in [0.29, 0.717) is 18.2 Å². The van der Waals surface area contributed by atoms with Crippen LogP contribution in [0.15, 0.2) is 0 Å². The molecule has 1 radical (unpaired) electrons. The highest BCUT2D eigenvalue weighted by atomic mass is 32.1. The molecule has 0 aliphatic rings. The maximum atomic E-state index is 10.3. The molecule has 1 rings (SSSR count). The molecular weight excluding hydrogens is 164 g/mol. The largest absolute Gasteiger partial charge is 0.374 e. The lowest BCUT2D eigenvalue weighted by atomic mass is 10.7. The third-order valence-corrected chi connectivity index (χ3v) is 1.93. The number of hydrogen-bond acceptors (Lipinski definition) is 4. The van der Waals surface area contributed by atoms with Gasteiger partial charge in [0.15, 0.2) is 0 Å². The fourth-order valence-electron chi connectivity index (χ4n) is 0.594. The average Bonchev–Trinajstić information content (AvgIpc) is 2.48. The first kappa shape index (κ1) is 8.58. The Hall–Kier alpha value is -0.520. The van der Waals surface area contributed by atoms with E-state index < -0.39 is 0 Å². The predicted molar refractivity (Wildman–Crippen MR) is 39.6 cm³/mol. The number of rotatable bonds is 4. The van der Waals surface area contributed by atoms with Crippen LogP contribution in [-0.2, 0) is 23.1 Å². The third kappa shape index (κ3) is 2.53. The summed E-state index contributed by atoms with van der Waals surface area (Å²) in [5, 5.41) is 19.0. The Morgan fingerprint density at radius 1 is 1.45 bits per heavy atom. The molecule has 0 unspecified atom stereocenters. The molecule has 5 heteroatoms. The van der Waals surface area contributed by atoms with Gasteiger partial charge in [-0.2, -0.15) is 0 Å². The van der Waals surface area contributed by atoms with E-state index in [1.165, 1.54) is 11.3 Å². The molecule has 1 heterocycles. The molecule has 0 fully saturated rings. The lowest BCUT2D eigenvalue weighted by Gasteiger charge is -1.92. The Balaban J connectivity index is 2.44. The van der Waals surface area contributed by atoms with E-state index in [0.717, 1.165) is 5.01 Å². The van der Waals surface area contributed by atoms with Gasteiger partial charge in [-0.15, -0.1) is 10.2 Å². The second kappa shape index (κ2) is 4.38. The van der Waals surface area contributed by atoms with Crippen molar-refractivity contribution in [1.29, 1.82) is 0 Å². The minimum atomic E-state index is -0.288. The lowest BCUT2D eigenvalue weighted by molar-refractivity contribution is 0.133. The van der Waals surface area contributed by atoms with Crippen LogP contribution in [0.2, 0.25) is 0 Å². The van der Waals surface area contributed by atoms with E-state index in [2.05, 4.69) is 10.2 Å². The Kier molecular flexibility index (Phi) is 3.41. The van der Waals surface area contributed by atoms with Crippen molar-refractivity contribution in [1.82, 2.24) is 10.2 Å². The van der Waals surface area contributed by atoms with Gasteiger partial charge in [0.2, 0.25) is 0 Å². The quantitative estimate of drug-likeness (QED) is 0.682. The first-order chi connectivity index (χ1) is 5.36. The zero-order chi connectivity index (χ0) is 8.10. The molecule has 0 bridgehead atoms. The van der Waals surface area contributed by atoms with Crippen molar-refractivity contribution in [2.45, 2.75) is 20.1 Å². The molecular formula is C6H9N2O2S. The molecule has 61 valence electrons. The Labute approximate surface area is 68.8 Å². The van der Waals surface area contributed by atoms with Crippen LogP contribution in [0.4, 0.5) is 0 Å². The van der Waals surface area contributed by atoms with Gasteiger partial charge in [-0.1, -0.05) is 11.3 Å². The first-order valence-electron chi connectivity index (χ1n) is 3.34. The van der Waals surface area contributed by atoms with Crippen LogP contribution in [0.25, 0.3) is 0 Å². The normalized spacial score (nSPS) is 10.4. The van der Waals surface area contributed by atoms with E-state index in [9.17, 15) is 5.11 Å². The summed E-state index contributed by atoms with van der Waals surface area (Å²) in [5.74, 6) is 0. The topological polar surface area (TPSA) is 54.9 Å². The van der Waals surface area contributed by atoms with Crippen molar-refractivity contribution in [2.75, 3.05) is 6.61 Å². The molecule has 1 aromatic rings. The van der Waals surface area contributed by atoms with Crippen LogP contribution in [0.3, 0.4) is 0 Å². The van der Waals surface area contributed by atoms with E-state index in [4.69, 9.17) is 4.74 Å². The van der Waals surface area contributed by atoms with Gasteiger partial charge >= 0.3 is 0 Å². The van der Waals surface area contributed by atoms with Crippen LogP contribution in [-0.4, -0.2) is 16.8 Å². The third-order valence-electron chi connectivity index (χ3n) is 1.06. The van der Waals surface area contributed by atoms with Crippen molar-refractivity contribution < 1.29 is 9.84 Å². The standard InChI is InChI=1S/C6H9N2O2S/c1-2-10-4-6-8-7-5(3-9)11-6/h2-4H2,1H3. The van der Waals surface area contributed by atoms with Gasteiger partial charge in [-0.25, -0.2) is 5.11 Å². The van der Waals surface area contributed by atoms with Gasteiger partial charge in [0.25, 0.3) is 0 Å². The van der Waals surface area contributed by atoms with Gasteiger partial charge < -0.3 is 4.74 Å². The Bertz CT molecular complexity index is 214. The van der Waals surface area contributed by atoms with Gasteiger partial charge in [0.05, 0.1) is 0 Å². The second-order valence-corrected chi connectivity index (χ2v) is 3.02. The number of hydrogen-bond donors (Lipinski definition) is 0. The molecule has 0 atom stereocenters. The highest BCUT2D eigenvalue weighted by Crippen LogP contribution is 2.10. The minimum Gasteiger partial charge on any atom is -0.374 e. The molecule has 0 spiro atoms. The van der Waals surface area contributed by atoms with Crippen LogP contribution < -0.4 is 0 Å². The monoisotopic (exact) mass is 173 g/mol. The average molecular weight is 173 g/mol. The highest BCUT2D eigenvalue weighted by molar-refractivity contribution is 7.11. The zero-order valence-corrected chi connectivity index (χ0v) is 7.06. The molecule has 1 aromatic heterocycles. The fraction of sp³-hybridized carbons (Fsp3) is 0.667. The number of nitrogens with zero attached hydrogens (tertiary/aromatic N) is 2. The number of aromatic nitrogens is 2. The summed E-state index contributed by atoms with van der Waals surface area (Å²) in [6.45, 7) is 2.75. The number of ether oxygens (including phenoxy) is 1. The SMILES string of the molecule is CCOCc1nnc(C[O])s1. The summed E-state index contributed by atoms with van der Waals surface area (Å²) in [7, 11) is 0. The maximum Gasteiger partial charge on any atom is 0.146 e. The fourth-order valence-corrected chi connectivity index (χ4v) is 1.23. The van der Waals surface area contributed by atoms with Gasteiger partial charge in [-0.3, -0.25) is 0 Å². The molecule has 0 aliphatic carbocycles. The van der Waals surface area contributed by atoms with Crippen molar-refractivity contribution >= 4 is 11.3 Å². The molecule has 11 heavy (non-hydrogen) atoms. The smallest absolute Gasteiger partial charge is 0.146 e. The minimum absolute atomic E-state index is 0.288. The molecule has 0 saturated carbocycles. The van der Waals surface area contributed by atoms with Crippen LogP contribution in [0.1, 0.15) is 16.9 Å². The van der Waals surface area contributed by atoms with Crippen LogP contribution >= 0.6 is 11.3 Å². The summed E-state index contributed by atoms with van der Waals surface area (Å²) >= 11 is 1.31. The molecule has 0 amide bonds. The summed E-state index contributed by atoms with van der Waals surface area (Å²) in [5.41, 5.74) is 0. The van der Waals surface area contributed by atoms with Crippen molar-refractivity contribution in [3.8, 4) is 0 Å². The first-order valence-corrected chi connectivity index (χ1v) is 4.15. The Morgan fingerprint density at radius 3 is 2.73 bits per heavy atom. The van der Waals surface area contributed by atoms with Gasteiger partial charge in [0, 0.05) is 6.61 Å². The van der Waals surface area contributed by atoms with Crippen LogP contribution in [0.5, 0.6) is 0 Å². The summed E-state index contributed by atoms with van der Waals surface area (Å²) in [6, 6.07) is 0. The van der Waals surface area contributed by atoms with Crippen molar-refractivity contribution in [2.24, 2.45) is 0 Å². The second-order valence-electron chi connectivity index (χ2n) is 1.87. The van der Waals surface area contributed by atoms with E-state index in [1.54, 1.807) is 0 Å².